The molecule has 10 heavy (non-hydrogen) atoms. The number of rotatable bonds is 1. The quantitative estimate of drug-likeness (QED) is 0.625. The summed E-state index contributed by atoms with van der Waals surface area (Å²) >= 11 is 1.32. The highest BCUT2D eigenvalue weighted by Crippen LogP contribution is 2.16. The third kappa shape index (κ3) is 0.823. The first-order valence-corrected chi connectivity index (χ1v) is 3.61. The first-order chi connectivity index (χ1) is 4.97. The van der Waals surface area contributed by atoms with Crippen LogP contribution in [0.3, 0.4) is 0 Å². The van der Waals surface area contributed by atoms with Crippen LogP contribution in [0.25, 0.3) is 11.5 Å². The summed E-state index contributed by atoms with van der Waals surface area (Å²) in [5.41, 5.74) is 0.801. The smallest absolute Gasteiger partial charge is 0.155 e. The molecule has 0 aliphatic heterocycles. The zero-order valence-corrected chi connectivity index (χ0v) is 5.84. The van der Waals surface area contributed by atoms with E-state index < -0.39 is 0 Å². The maximum Gasteiger partial charge on any atom is 0.155 e. The maximum atomic E-state index is 5.08. The van der Waals surface area contributed by atoms with Gasteiger partial charge in [-0.25, -0.2) is 0 Å². The summed E-state index contributed by atoms with van der Waals surface area (Å²) in [6.45, 7) is 0. The number of aromatic nitrogens is 2. The Labute approximate surface area is 61.5 Å². The van der Waals surface area contributed by atoms with Crippen LogP contribution >= 0.6 is 11.5 Å². The molecule has 0 aliphatic rings. The van der Waals surface area contributed by atoms with Gasteiger partial charge in [-0.2, -0.15) is 0 Å². The Morgan fingerprint density at radius 1 is 1.50 bits per heavy atom. The molecule has 50 valence electrons. The van der Waals surface area contributed by atoms with E-state index in [0.29, 0.717) is 0 Å². The number of furan rings is 1. The fourth-order valence-corrected chi connectivity index (χ4v) is 1.14. The van der Waals surface area contributed by atoms with Gasteiger partial charge in [-0.3, -0.25) is 0 Å². The second-order valence-corrected chi connectivity index (χ2v) is 2.38. The van der Waals surface area contributed by atoms with Crippen LogP contribution in [-0.2, 0) is 0 Å². The van der Waals surface area contributed by atoms with E-state index in [-0.39, 0.29) is 0 Å². The standard InChI is InChI=1S/C6H4N2OS/c1-2-6(9-3-1)5-4-10-8-7-5/h1-4H. The minimum absolute atomic E-state index is 0.772. The molecule has 2 heterocycles. The van der Waals surface area contributed by atoms with Crippen LogP contribution in [0.5, 0.6) is 0 Å². The molecule has 0 saturated heterocycles. The predicted molar refractivity (Wildman–Crippen MR) is 37.6 cm³/mol. The van der Waals surface area contributed by atoms with E-state index >= 15 is 0 Å². The molecule has 2 aromatic rings. The van der Waals surface area contributed by atoms with Gasteiger partial charge in [0.05, 0.1) is 6.26 Å². The van der Waals surface area contributed by atoms with Crippen molar-refractivity contribution in [2.24, 2.45) is 0 Å². The van der Waals surface area contributed by atoms with Gasteiger partial charge in [0.2, 0.25) is 0 Å². The SMILES string of the molecule is c1coc(-c2csnn2)c1. The molecular formula is C6H4N2OS. The zero-order chi connectivity index (χ0) is 6.81. The molecule has 0 amide bonds. The molecule has 4 heteroatoms. The topological polar surface area (TPSA) is 38.9 Å². The monoisotopic (exact) mass is 152 g/mol. The highest BCUT2D eigenvalue weighted by molar-refractivity contribution is 7.03. The van der Waals surface area contributed by atoms with Crippen molar-refractivity contribution < 1.29 is 4.42 Å². The summed E-state index contributed by atoms with van der Waals surface area (Å²) in [5.74, 6) is 0.772. The molecule has 3 nitrogen and oxygen atoms in total. The van der Waals surface area contributed by atoms with Gasteiger partial charge in [0.15, 0.2) is 5.76 Å². The molecule has 0 aliphatic carbocycles. The summed E-state index contributed by atoms with van der Waals surface area (Å²) in [6.07, 6.45) is 1.62. The Morgan fingerprint density at radius 3 is 3.10 bits per heavy atom. The van der Waals surface area contributed by atoms with E-state index in [9.17, 15) is 0 Å². The highest BCUT2D eigenvalue weighted by Gasteiger charge is 2.00. The summed E-state index contributed by atoms with van der Waals surface area (Å²) in [7, 11) is 0. The van der Waals surface area contributed by atoms with Crippen molar-refractivity contribution in [1.29, 1.82) is 0 Å². The molecule has 0 unspecified atom stereocenters. The van der Waals surface area contributed by atoms with Crippen LogP contribution in [-0.4, -0.2) is 9.59 Å². The van der Waals surface area contributed by atoms with E-state index in [0.717, 1.165) is 11.5 Å². The van der Waals surface area contributed by atoms with E-state index in [1.807, 2.05) is 17.5 Å². The van der Waals surface area contributed by atoms with Crippen molar-refractivity contribution in [3.8, 4) is 11.5 Å². The Balaban J connectivity index is 2.48. The molecule has 0 radical (unpaired) electrons. The van der Waals surface area contributed by atoms with Gasteiger partial charge >= 0.3 is 0 Å². The van der Waals surface area contributed by atoms with E-state index in [1.165, 1.54) is 11.5 Å². The maximum absolute atomic E-state index is 5.08. The van der Waals surface area contributed by atoms with Crippen molar-refractivity contribution in [1.82, 2.24) is 9.59 Å². The van der Waals surface area contributed by atoms with Gasteiger partial charge in [-0.1, -0.05) is 4.49 Å². The molecule has 0 atom stereocenters. The van der Waals surface area contributed by atoms with Crippen LogP contribution in [0.15, 0.2) is 28.2 Å². The molecule has 0 fully saturated rings. The average molecular weight is 152 g/mol. The molecule has 0 saturated carbocycles. The van der Waals surface area contributed by atoms with E-state index in [4.69, 9.17) is 4.42 Å². The molecule has 0 aromatic carbocycles. The first-order valence-electron chi connectivity index (χ1n) is 2.78. The second kappa shape index (κ2) is 2.22. The van der Waals surface area contributed by atoms with Gasteiger partial charge in [0, 0.05) is 5.38 Å². The van der Waals surface area contributed by atoms with Gasteiger partial charge in [0.25, 0.3) is 0 Å². The fourth-order valence-electron chi connectivity index (χ4n) is 0.696. The molecule has 0 spiro atoms. The Hall–Kier alpha value is -1.16. The zero-order valence-electron chi connectivity index (χ0n) is 5.02. The number of hydrogen-bond acceptors (Lipinski definition) is 4. The second-order valence-electron chi connectivity index (χ2n) is 1.77. The molecular weight excluding hydrogens is 148 g/mol. The minimum atomic E-state index is 0.772. The molecule has 0 bridgehead atoms. The summed E-state index contributed by atoms with van der Waals surface area (Å²) in [6, 6.07) is 3.69. The number of nitrogens with zero attached hydrogens (tertiary/aromatic N) is 2. The highest BCUT2D eigenvalue weighted by atomic mass is 32.1. The van der Waals surface area contributed by atoms with E-state index in [2.05, 4.69) is 9.59 Å². The first kappa shape index (κ1) is 5.61. The summed E-state index contributed by atoms with van der Waals surface area (Å²) < 4.78 is 8.79. The molecule has 2 aromatic heterocycles. The van der Waals surface area contributed by atoms with Crippen LogP contribution in [0, 0.1) is 0 Å². The minimum Gasteiger partial charge on any atom is -0.463 e. The van der Waals surface area contributed by atoms with Crippen LogP contribution in [0.4, 0.5) is 0 Å². The summed E-state index contributed by atoms with van der Waals surface area (Å²) in [4.78, 5) is 0. The average Bonchev–Trinajstić information content (AvgIpc) is 2.59. The lowest BCUT2D eigenvalue weighted by Gasteiger charge is -1.82. The van der Waals surface area contributed by atoms with Crippen molar-refractivity contribution in [3.63, 3.8) is 0 Å². The Morgan fingerprint density at radius 2 is 2.50 bits per heavy atom. The van der Waals surface area contributed by atoms with Gasteiger partial charge in [0.1, 0.15) is 5.69 Å². The lowest BCUT2D eigenvalue weighted by Crippen LogP contribution is -1.70. The third-order valence-corrected chi connectivity index (χ3v) is 1.64. The predicted octanol–water partition coefficient (Wildman–Crippen LogP) is 1.80. The van der Waals surface area contributed by atoms with Crippen LogP contribution in [0.2, 0.25) is 0 Å². The Kier molecular flexibility index (Phi) is 1.25. The fraction of sp³-hybridized carbons (Fsp3) is 0. The summed E-state index contributed by atoms with van der Waals surface area (Å²) in [5, 5.41) is 5.68. The third-order valence-electron chi connectivity index (χ3n) is 1.13. The van der Waals surface area contributed by atoms with Crippen LogP contribution < -0.4 is 0 Å². The van der Waals surface area contributed by atoms with Crippen molar-refractivity contribution in [2.45, 2.75) is 0 Å². The lowest BCUT2D eigenvalue weighted by atomic mass is 10.4. The van der Waals surface area contributed by atoms with Crippen molar-refractivity contribution >= 4 is 11.5 Å². The molecule has 2 rings (SSSR count). The van der Waals surface area contributed by atoms with Gasteiger partial charge in [-0.05, 0) is 23.7 Å². The van der Waals surface area contributed by atoms with Gasteiger partial charge < -0.3 is 4.42 Å². The van der Waals surface area contributed by atoms with Gasteiger partial charge in [-0.15, -0.1) is 5.10 Å². The van der Waals surface area contributed by atoms with E-state index in [1.54, 1.807) is 6.26 Å². The molecule has 0 N–H and O–H groups in total. The van der Waals surface area contributed by atoms with Crippen molar-refractivity contribution in [3.05, 3.63) is 23.8 Å². The lowest BCUT2D eigenvalue weighted by molar-refractivity contribution is 0.580. The Bertz CT molecular complexity index is 255. The number of hydrogen-bond donors (Lipinski definition) is 0. The normalized spacial score (nSPS) is 10.0. The van der Waals surface area contributed by atoms with Crippen LogP contribution in [0.1, 0.15) is 0 Å². The van der Waals surface area contributed by atoms with Crippen molar-refractivity contribution in [2.75, 3.05) is 0 Å². The largest absolute Gasteiger partial charge is 0.463 e.